The van der Waals surface area contributed by atoms with Crippen LogP contribution in [0.2, 0.25) is 0 Å². The van der Waals surface area contributed by atoms with Gasteiger partial charge in [-0.1, -0.05) is 20.3 Å². The highest BCUT2D eigenvalue weighted by molar-refractivity contribution is 8.07. The fourth-order valence-corrected chi connectivity index (χ4v) is 6.63. The lowest BCUT2D eigenvalue weighted by molar-refractivity contribution is -0.138. The van der Waals surface area contributed by atoms with Gasteiger partial charge in [0.15, 0.2) is 19.8 Å². The Morgan fingerprint density at radius 2 is 1.74 bits per heavy atom. The van der Waals surface area contributed by atoms with Crippen molar-refractivity contribution in [1.82, 2.24) is 13.9 Å². The van der Waals surface area contributed by atoms with Crippen molar-refractivity contribution in [1.29, 1.82) is 9.56 Å². The maximum absolute atomic E-state index is 15.4. The molecule has 13 heteroatoms. The summed E-state index contributed by atoms with van der Waals surface area (Å²) in [4.78, 5) is 15.5. The Balaban J connectivity index is 2.92. The molecule has 1 aliphatic rings. The van der Waals surface area contributed by atoms with E-state index in [-0.39, 0.29) is 19.8 Å². The standard InChI is InChI=1S/C18H37F2N5O4S2/c1-5-7-11-24(4)15-29-14-18(20,6-2)31(22,28)23-30(21,27)17(3,19)16(26)25-12-9-8-10-13-25/h5-15H2,1-4H3,(H3,21,22,23,27,28). The molecule has 0 radical (unpaired) electrons. The van der Waals surface area contributed by atoms with Crippen LogP contribution in [0.5, 0.6) is 0 Å². The highest BCUT2D eigenvalue weighted by atomic mass is 32.3. The summed E-state index contributed by atoms with van der Waals surface area (Å²) < 4.78 is 78.9. The predicted octanol–water partition coefficient (Wildman–Crippen LogP) is 2.98. The molecule has 1 rings (SSSR count). The summed E-state index contributed by atoms with van der Waals surface area (Å²) in [6, 6.07) is 0. The molecule has 4 unspecified atom stereocenters. The van der Waals surface area contributed by atoms with Crippen molar-refractivity contribution >= 4 is 25.7 Å². The fraction of sp³-hybridized carbons (Fsp3) is 0.944. The lowest BCUT2D eigenvalue weighted by Crippen LogP contribution is -2.57. The van der Waals surface area contributed by atoms with Gasteiger partial charge in [0.1, 0.15) is 0 Å². The minimum atomic E-state index is -4.79. The zero-order chi connectivity index (χ0) is 23.9. The number of carbonyl (C=O) groups excluding carboxylic acids is 1. The van der Waals surface area contributed by atoms with Crippen LogP contribution in [0.15, 0.2) is 0 Å². The summed E-state index contributed by atoms with van der Waals surface area (Å²) in [6.45, 7) is 4.45. The predicted molar refractivity (Wildman–Crippen MR) is 117 cm³/mol. The summed E-state index contributed by atoms with van der Waals surface area (Å²) in [6.07, 6.45) is 3.59. The Bertz CT molecular complexity index is 802. The van der Waals surface area contributed by atoms with Gasteiger partial charge >= 0.3 is 0 Å². The van der Waals surface area contributed by atoms with Crippen molar-refractivity contribution in [2.45, 2.75) is 69.3 Å². The van der Waals surface area contributed by atoms with Crippen LogP contribution in [0.4, 0.5) is 8.78 Å². The van der Waals surface area contributed by atoms with Gasteiger partial charge in [-0.2, -0.15) is 0 Å². The van der Waals surface area contributed by atoms with Gasteiger partial charge in [0.25, 0.3) is 10.9 Å². The molecule has 0 aromatic carbocycles. The summed E-state index contributed by atoms with van der Waals surface area (Å²) >= 11 is 0. The van der Waals surface area contributed by atoms with Crippen LogP contribution in [-0.2, 0) is 29.4 Å². The van der Waals surface area contributed by atoms with Crippen molar-refractivity contribution in [2.24, 2.45) is 0 Å². The highest BCUT2D eigenvalue weighted by Crippen LogP contribution is 2.29. The molecule has 1 aliphatic heterocycles. The van der Waals surface area contributed by atoms with Crippen LogP contribution >= 0.6 is 0 Å². The molecule has 1 saturated heterocycles. The number of amides is 1. The number of hydrogen-bond donors (Lipinski definition) is 3. The van der Waals surface area contributed by atoms with Crippen LogP contribution in [0.3, 0.4) is 0 Å². The Morgan fingerprint density at radius 3 is 2.26 bits per heavy atom. The zero-order valence-electron chi connectivity index (χ0n) is 18.9. The monoisotopic (exact) mass is 489 g/mol. The molecule has 31 heavy (non-hydrogen) atoms. The van der Waals surface area contributed by atoms with Gasteiger partial charge < -0.3 is 9.64 Å². The molecule has 1 heterocycles. The third-order valence-electron chi connectivity index (χ3n) is 5.37. The number of nitrogens with zero attached hydrogens (tertiary/aromatic N) is 2. The van der Waals surface area contributed by atoms with Gasteiger partial charge in [-0.15, -0.1) is 4.13 Å². The SMILES string of the molecule is CCCCN(C)COCC(F)(CC)S(=N)(=O)NS(=N)(=O)C(C)(F)C(=O)N1CCCCC1. The van der Waals surface area contributed by atoms with Crippen molar-refractivity contribution in [3.05, 3.63) is 0 Å². The second-order valence-electron chi connectivity index (χ2n) is 8.11. The fourth-order valence-electron chi connectivity index (χ4n) is 3.06. The third kappa shape index (κ3) is 7.04. The minimum absolute atomic E-state index is 0.0196. The Morgan fingerprint density at radius 1 is 1.16 bits per heavy atom. The quantitative estimate of drug-likeness (QED) is 0.343. The van der Waals surface area contributed by atoms with Crippen molar-refractivity contribution in [3.8, 4) is 0 Å². The largest absolute Gasteiger partial charge is 0.362 e. The number of likely N-dealkylation sites (tertiary alicyclic amines) is 1. The van der Waals surface area contributed by atoms with Crippen LogP contribution in [0.25, 0.3) is 0 Å². The number of hydrogen-bond acceptors (Lipinski definition) is 7. The smallest absolute Gasteiger partial charge is 0.281 e. The van der Waals surface area contributed by atoms with Gasteiger partial charge in [0.05, 0.1) is 13.3 Å². The molecule has 184 valence electrons. The second kappa shape index (κ2) is 11.3. The maximum Gasteiger partial charge on any atom is 0.281 e. The number of piperidine rings is 1. The van der Waals surface area contributed by atoms with Crippen molar-refractivity contribution in [3.63, 3.8) is 0 Å². The van der Waals surface area contributed by atoms with E-state index in [9.17, 15) is 13.2 Å². The van der Waals surface area contributed by atoms with E-state index >= 15 is 8.78 Å². The molecule has 4 atom stereocenters. The first kappa shape index (κ1) is 28.1. The number of ether oxygens (including phenoxy) is 1. The third-order valence-corrected chi connectivity index (χ3v) is 9.93. The topological polar surface area (TPSA) is 127 Å². The molecule has 9 nitrogen and oxygen atoms in total. The molecule has 0 aromatic heterocycles. The highest BCUT2D eigenvalue weighted by Gasteiger charge is 2.51. The molecule has 3 N–H and O–H groups in total. The number of halogens is 2. The molecule has 0 aliphatic carbocycles. The maximum atomic E-state index is 15.4. The van der Waals surface area contributed by atoms with E-state index in [1.807, 2.05) is 6.92 Å². The van der Waals surface area contributed by atoms with Gasteiger partial charge in [0, 0.05) is 13.1 Å². The van der Waals surface area contributed by atoms with E-state index < -0.39 is 48.8 Å². The normalized spacial score (nSPS) is 22.9. The summed E-state index contributed by atoms with van der Waals surface area (Å²) in [5.41, 5.74) is 0. The van der Waals surface area contributed by atoms with Gasteiger partial charge in [-0.3, -0.25) is 9.69 Å². The molecule has 0 aromatic rings. The zero-order valence-corrected chi connectivity index (χ0v) is 20.5. The molecule has 0 bridgehead atoms. The van der Waals surface area contributed by atoms with Crippen molar-refractivity contribution in [2.75, 3.05) is 40.0 Å². The Hall–Kier alpha value is -0.890. The van der Waals surface area contributed by atoms with E-state index in [0.29, 0.717) is 26.3 Å². The number of nitrogens with one attached hydrogen (secondary N) is 3. The van der Waals surface area contributed by atoms with Crippen molar-refractivity contribution < 1.29 is 26.7 Å². The second-order valence-corrected chi connectivity index (χ2v) is 12.5. The van der Waals surface area contributed by atoms with Gasteiger partial charge in [-0.25, -0.2) is 26.8 Å². The van der Waals surface area contributed by atoms with E-state index in [4.69, 9.17) is 14.3 Å². The first-order valence-electron chi connectivity index (χ1n) is 10.5. The van der Waals surface area contributed by atoms with Crippen LogP contribution < -0.4 is 4.13 Å². The lowest BCUT2D eigenvalue weighted by atomic mass is 10.1. The van der Waals surface area contributed by atoms with E-state index in [1.54, 1.807) is 16.1 Å². The number of alkyl halides is 2. The average molecular weight is 490 g/mol. The van der Waals surface area contributed by atoms with E-state index in [0.717, 1.165) is 24.2 Å². The summed E-state index contributed by atoms with van der Waals surface area (Å²) in [7, 11) is -7.66. The number of rotatable bonds is 13. The lowest BCUT2D eigenvalue weighted by Gasteiger charge is -2.34. The molecule has 1 amide bonds. The molecular weight excluding hydrogens is 452 g/mol. The van der Waals surface area contributed by atoms with E-state index in [1.165, 1.54) is 6.92 Å². The Kier molecular flexibility index (Phi) is 10.3. The first-order chi connectivity index (χ1) is 14.2. The summed E-state index contributed by atoms with van der Waals surface area (Å²) in [5, 5.41) is -6.10. The Labute approximate surface area is 185 Å². The average Bonchev–Trinajstić information content (AvgIpc) is 2.71. The van der Waals surface area contributed by atoms with E-state index in [2.05, 4.69) is 0 Å². The first-order valence-corrected chi connectivity index (χ1v) is 13.6. The number of unbranched alkanes of at least 4 members (excludes halogenated alkanes) is 1. The molecule has 0 saturated carbocycles. The van der Waals surface area contributed by atoms with Crippen LogP contribution in [-0.4, -0.2) is 74.1 Å². The van der Waals surface area contributed by atoms with Gasteiger partial charge in [-0.05, 0) is 52.6 Å². The molecule has 0 spiro atoms. The van der Waals surface area contributed by atoms with Gasteiger partial charge in [0.2, 0.25) is 5.00 Å². The number of carbonyl (C=O) groups is 1. The van der Waals surface area contributed by atoms with Crippen LogP contribution in [0.1, 0.15) is 59.3 Å². The molecule has 1 fully saturated rings. The summed E-state index contributed by atoms with van der Waals surface area (Å²) in [5.74, 6) is -1.19. The minimum Gasteiger partial charge on any atom is -0.362 e. The molecular formula is C18H37F2N5O4S2. The van der Waals surface area contributed by atoms with Crippen LogP contribution in [0, 0.1) is 9.56 Å².